The van der Waals surface area contributed by atoms with Crippen molar-refractivity contribution in [3.8, 4) is 0 Å². The molecule has 6 amide bonds. The van der Waals surface area contributed by atoms with Crippen LogP contribution in [0.15, 0.2) is 0 Å². The largest absolute Gasteiger partial charge is 0.479 e. The number of primary amides is 1. The van der Waals surface area contributed by atoms with Gasteiger partial charge >= 0.3 is 23.9 Å². The van der Waals surface area contributed by atoms with Crippen LogP contribution in [0.2, 0.25) is 0 Å². The third-order valence-corrected chi connectivity index (χ3v) is 8.34. The Labute approximate surface area is 359 Å². The third kappa shape index (κ3) is 19.1. The zero-order chi connectivity index (χ0) is 48.2. The topological polar surface area (TPSA) is 354 Å². The van der Waals surface area contributed by atoms with Crippen molar-refractivity contribution in [3.63, 3.8) is 0 Å². The van der Waals surface area contributed by atoms with E-state index in [1.807, 2.05) is 0 Å². The Bertz CT molecular complexity index is 1680. The Morgan fingerprint density at radius 2 is 0.984 bits per heavy atom. The van der Waals surface area contributed by atoms with Crippen LogP contribution in [-0.4, -0.2) is 146 Å². The SMILES string of the molecule is CC(C)[C@H](NC(=O)[C@H](CCC(=O)OC(C)(C)C)NC(=O)[C@H](CC(=O)OC(C)(C)C)NC(=O)C1OC(C(=O)O)C(O)C1O)C(=O)N[C@@H](CC(=O)OC(C)(C)C)C(=O)N[C@H](C)C(N)=O. The molecule has 1 aliphatic rings. The Kier molecular flexibility index (Phi) is 19.9. The number of aliphatic carboxylic acids is 1. The van der Waals surface area contributed by atoms with Crippen molar-refractivity contribution in [2.75, 3.05) is 0 Å². The highest BCUT2D eigenvalue weighted by Crippen LogP contribution is 2.22. The Hall–Kier alpha value is -5.42. The maximum Gasteiger partial charge on any atom is 0.335 e. The molecule has 1 aliphatic heterocycles. The van der Waals surface area contributed by atoms with Crippen molar-refractivity contribution < 1.29 is 82.2 Å². The van der Waals surface area contributed by atoms with Crippen LogP contribution in [0.1, 0.15) is 109 Å². The van der Waals surface area contributed by atoms with Crippen molar-refractivity contribution >= 4 is 59.3 Å². The number of carboxylic acid groups (broad SMARTS) is 1. The van der Waals surface area contributed by atoms with Crippen molar-refractivity contribution in [3.05, 3.63) is 0 Å². The Balaban J connectivity index is 3.58. The Morgan fingerprint density at radius 3 is 1.40 bits per heavy atom. The average molecular weight is 889 g/mol. The predicted molar refractivity (Wildman–Crippen MR) is 214 cm³/mol. The number of nitrogens with one attached hydrogen (secondary N) is 5. The second-order valence-corrected chi connectivity index (χ2v) is 18.0. The quantitative estimate of drug-likeness (QED) is 0.0460. The minimum atomic E-state index is -2.07. The fraction of sp³-hybridized carbons (Fsp3) is 0.744. The molecule has 9 atom stereocenters. The first kappa shape index (κ1) is 54.6. The maximum atomic E-state index is 14.0. The highest BCUT2D eigenvalue weighted by Gasteiger charge is 2.50. The Morgan fingerprint density at radius 1 is 0.581 bits per heavy atom. The lowest BCUT2D eigenvalue weighted by molar-refractivity contribution is -0.158. The summed E-state index contributed by atoms with van der Waals surface area (Å²) in [6.07, 6.45) is -10.8. The molecule has 10 N–H and O–H groups in total. The number of carbonyl (C=O) groups excluding carboxylic acids is 9. The first-order chi connectivity index (χ1) is 28.1. The summed E-state index contributed by atoms with van der Waals surface area (Å²) in [5.74, 6) is -11.8. The molecule has 1 saturated heterocycles. The van der Waals surface area contributed by atoms with Crippen LogP contribution in [-0.2, 0) is 66.9 Å². The van der Waals surface area contributed by atoms with E-state index in [-0.39, 0.29) is 0 Å². The van der Waals surface area contributed by atoms with E-state index in [4.69, 9.17) is 24.7 Å². The number of aliphatic hydroxyl groups excluding tert-OH is 2. The number of rotatable bonds is 20. The van der Waals surface area contributed by atoms with Gasteiger partial charge in [-0.1, -0.05) is 13.8 Å². The molecule has 0 aromatic heterocycles. The van der Waals surface area contributed by atoms with E-state index < -0.39 is 162 Å². The van der Waals surface area contributed by atoms with Gasteiger partial charge in [0.25, 0.3) is 5.91 Å². The van der Waals surface area contributed by atoms with E-state index in [1.165, 1.54) is 41.5 Å². The molecular formula is C39H64N6O17. The van der Waals surface area contributed by atoms with E-state index in [0.29, 0.717) is 0 Å². The minimum Gasteiger partial charge on any atom is -0.479 e. The summed E-state index contributed by atoms with van der Waals surface area (Å²) in [6.45, 7) is 18.3. The lowest BCUT2D eigenvalue weighted by atomic mass is 10.0. The molecule has 23 nitrogen and oxygen atoms in total. The summed E-state index contributed by atoms with van der Waals surface area (Å²) < 4.78 is 20.9. The second kappa shape index (κ2) is 22.6. The fourth-order valence-electron chi connectivity index (χ4n) is 5.50. The molecule has 0 aliphatic carbocycles. The van der Waals surface area contributed by atoms with Crippen molar-refractivity contribution in [1.29, 1.82) is 0 Å². The molecule has 4 unspecified atom stereocenters. The van der Waals surface area contributed by atoms with Gasteiger partial charge in [0.15, 0.2) is 12.2 Å². The molecule has 0 bridgehead atoms. The summed E-state index contributed by atoms with van der Waals surface area (Å²) in [4.78, 5) is 130. The van der Waals surface area contributed by atoms with E-state index in [2.05, 4.69) is 26.6 Å². The van der Waals surface area contributed by atoms with Gasteiger partial charge in [0, 0.05) is 6.42 Å². The molecule has 1 rings (SSSR count). The normalized spacial score (nSPS) is 20.2. The number of carbonyl (C=O) groups is 10. The van der Waals surface area contributed by atoms with Crippen LogP contribution in [0.3, 0.4) is 0 Å². The minimum absolute atomic E-state index is 0.488. The number of amides is 6. The zero-order valence-corrected chi connectivity index (χ0v) is 37.2. The third-order valence-electron chi connectivity index (χ3n) is 8.34. The molecule has 0 radical (unpaired) electrons. The summed E-state index contributed by atoms with van der Waals surface area (Å²) >= 11 is 0. The first-order valence-electron chi connectivity index (χ1n) is 19.8. The van der Waals surface area contributed by atoms with Gasteiger partial charge in [0.1, 0.15) is 59.2 Å². The summed E-state index contributed by atoms with van der Waals surface area (Å²) in [5.41, 5.74) is 2.24. The van der Waals surface area contributed by atoms with Crippen LogP contribution >= 0.6 is 0 Å². The lowest BCUT2D eigenvalue weighted by Crippen LogP contribution is -2.60. The molecule has 0 saturated carbocycles. The molecule has 0 spiro atoms. The lowest BCUT2D eigenvalue weighted by Gasteiger charge is -2.29. The molecule has 352 valence electrons. The standard InChI is InChI=1S/C39H64N6O17/c1-17(2)25(34(55)43-20(15-23(47)61-38(7,8)9)32(53)41-18(3)30(40)51)45-31(52)19(13-14-22(46)60-37(4,5)6)42-33(54)21(16-24(48)62-39(10,11)12)44-35(56)28-26(49)27(50)29(59-28)36(57)58/h17-21,25-29,49-50H,13-16H2,1-12H3,(H2,40,51)(H,41,53)(H,42,54)(H,43,55)(H,44,56)(H,45,52)(H,57,58)/t18-,19+,20+,21+,25+,26?,27?,28?,29?/m1/s1. The van der Waals surface area contributed by atoms with Gasteiger partial charge in [0.2, 0.25) is 29.5 Å². The highest BCUT2D eigenvalue weighted by atomic mass is 16.6. The van der Waals surface area contributed by atoms with Gasteiger partial charge in [-0.05, 0) is 81.6 Å². The number of esters is 3. The molecule has 0 aromatic carbocycles. The summed E-state index contributed by atoms with van der Waals surface area (Å²) in [6, 6.07) is -8.00. The second-order valence-electron chi connectivity index (χ2n) is 18.0. The van der Waals surface area contributed by atoms with Gasteiger partial charge in [-0.3, -0.25) is 43.2 Å². The van der Waals surface area contributed by atoms with E-state index in [0.717, 1.165) is 0 Å². The van der Waals surface area contributed by atoms with Gasteiger partial charge in [-0.25, -0.2) is 4.79 Å². The summed E-state index contributed by atoms with van der Waals surface area (Å²) in [5, 5.41) is 41.4. The molecule has 0 aromatic rings. The number of hydrogen-bond acceptors (Lipinski definition) is 16. The van der Waals surface area contributed by atoms with Crippen molar-refractivity contribution in [2.24, 2.45) is 11.7 Å². The zero-order valence-electron chi connectivity index (χ0n) is 37.2. The molecule has 23 heteroatoms. The predicted octanol–water partition coefficient (Wildman–Crippen LogP) is -2.27. The number of ether oxygens (including phenoxy) is 4. The number of nitrogens with two attached hydrogens (primary N) is 1. The summed E-state index contributed by atoms with van der Waals surface area (Å²) in [7, 11) is 0. The molecule has 1 fully saturated rings. The smallest absolute Gasteiger partial charge is 0.335 e. The molecular weight excluding hydrogens is 824 g/mol. The molecule has 1 heterocycles. The van der Waals surface area contributed by atoms with Crippen LogP contribution in [0.25, 0.3) is 0 Å². The monoisotopic (exact) mass is 888 g/mol. The van der Waals surface area contributed by atoms with Crippen LogP contribution < -0.4 is 32.3 Å². The first-order valence-corrected chi connectivity index (χ1v) is 19.8. The van der Waals surface area contributed by atoms with E-state index in [9.17, 15) is 63.3 Å². The van der Waals surface area contributed by atoms with Gasteiger partial charge in [-0.15, -0.1) is 0 Å². The van der Waals surface area contributed by atoms with Gasteiger partial charge in [0.05, 0.1) is 12.8 Å². The number of hydrogen-bond donors (Lipinski definition) is 9. The van der Waals surface area contributed by atoms with Crippen LogP contribution in [0, 0.1) is 5.92 Å². The highest BCUT2D eigenvalue weighted by molar-refractivity contribution is 5.98. The van der Waals surface area contributed by atoms with Crippen molar-refractivity contribution in [1.82, 2.24) is 26.6 Å². The average Bonchev–Trinajstić information content (AvgIpc) is 3.39. The number of aliphatic hydroxyl groups is 2. The van der Waals surface area contributed by atoms with Crippen LogP contribution in [0.4, 0.5) is 0 Å². The van der Waals surface area contributed by atoms with E-state index in [1.54, 1.807) is 41.5 Å². The number of carboxylic acids is 1. The molecule has 62 heavy (non-hydrogen) atoms. The van der Waals surface area contributed by atoms with Gasteiger partial charge < -0.3 is 66.6 Å². The van der Waals surface area contributed by atoms with Gasteiger partial charge in [-0.2, -0.15) is 0 Å². The maximum absolute atomic E-state index is 14.0. The van der Waals surface area contributed by atoms with E-state index >= 15 is 0 Å². The fourth-order valence-corrected chi connectivity index (χ4v) is 5.50. The van der Waals surface area contributed by atoms with Crippen molar-refractivity contribution in [2.45, 2.75) is 180 Å². The van der Waals surface area contributed by atoms with Crippen LogP contribution in [0.5, 0.6) is 0 Å².